The number of fused-ring (bicyclic) bond motifs is 1. The van der Waals surface area contributed by atoms with Gasteiger partial charge >= 0.3 is 0 Å². The smallest absolute Gasteiger partial charge is 0.262 e. The SMILES string of the molecule is CC1(C)Cc2cccc(OCC(=O)Nc3ccc(NC(=O)C4CC4)cc3)c2O1. The second-order valence-corrected chi connectivity index (χ2v) is 7.96. The van der Waals surface area contributed by atoms with Gasteiger partial charge in [0.2, 0.25) is 5.91 Å². The van der Waals surface area contributed by atoms with Gasteiger partial charge in [0.15, 0.2) is 18.1 Å². The molecule has 1 heterocycles. The van der Waals surface area contributed by atoms with E-state index in [4.69, 9.17) is 9.47 Å². The summed E-state index contributed by atoms with van der Waals surface area (Å²) in [6, 6.07) is 12.8. The predicted octanol–water partition coefficient (Wildman–Crippen LogP) is 3.77. The van der Waals surface area contributed by atoms with Gasteiger partial charge in [0.25, 0.3) is 5.91 Å². The number of benzene rings is 2. The summed E-state index contributed by atoms with van der Waals surface area (Å²) in [5.41, 5.74) is 2.20. The molecule has 0 radical (unpaired) electrons. The zero-order valence-corrected chi connectivity index (χ0v) is 16.1. The van der Waals surface area contributed by atoms with Crippen molar-refractivity contribution in [2.75, 3.05) is 17.2 Å². The number of ether oxygens (including phenoxy) is 2. The van der Waals surface area contributed by atoms with Crippen molar-refractivity contribution in [1.29, 1.82) is 0 Å². The second-order valence-electron chi connectivity index (χ2n) is 7.96. The van der Waals surface area contributed by atoms with Gasteiger partial charge in [-0.2, -0.15) is 0 Å². The first-order valence-electron chi connectivity index (χ1n) is 9.54. The molecule has 2 aliphatic rings. The molecule has 4 rings (SSSR count). The van der Waals surface area contributed by atoms with E-state index < -0.39 is 0 Å². The monoisotopic (exact) mass is 380 g/mol. The molecule has 2 N–H and O–H groups in total. The van der Waals surface area contributed by atoms with Crippen LogP contribution in [0.2, 0.25) is 0 Å². The molecule has 0 saturated heterocycles. The normalized spacial score (nSPS) is 16.6. The van der Waals surface area contributed by atoms with Crippen LogP contribution in [0.3, 0.4) is 0 Å². The van der Waals surface area contributed by atoms with Gasteiger partial charge in [0.05, 0.1) is 0 Å². The van der Waals surface area contributed by atoms with E-state index in [0.29, 0.717) is 11.4 Å². The van der Waals surface area contributed by atoms with Crippen molar-refractivity contribution in [1.82, 2.24) is 0 Å². The molecule has 0 aromatic heterocycles. The molecule has 1 fully saturated rings. The Kier molecular flexibility index (Phi) is 4.71. The van der Waals surface area contributed by atoms with Crippen molar-refractivity contribution in [3.05, 3.63) is 48.0 Å². The lowest BCUT2D eigenvalue weighted by molar-refractivity contribution is -0.118. The first-order chi connectivity index (χ1) is 13.4. The molecule has 1 saturated carbocycles. The number of para-hydroxylation sites is 1. The van der Waals surface area contributed by atoms with Crippen LogP contribution in [0.15, 0.2) is 42.5 Å². The molecule has 146 valence electrons. The third-order valence-electron chi connectivity index (χ3n) is 4.80. The van der Waals surface area contributed by atoms with E-state index in [0.717, 1.165) is 36.3 Å². The maximum absolute atomic E-state index is 12.2. The van der Waals surface area contributed by atoms with Gasteiger partial charge in [-0.1, -0.05) is 12.1 Å². The van der Waals surface area contributed by atoms with Crippen LogP contribution in [0.4, 0.5) is 11.4 Å². The zero-order chi connectivity index (χ0) is 19.7. The lowest BCUT2D eigenvalue weighted by atomic mass is 10.0. The number of nitrogens with one attached hydrogen (secondary N) is 2. The van der Waals surface area contributed by atoms with E-state index in [-0.39, 0.29) is 29.9 Å². The van der Waals surface area contributed by atoms with Gasteiger partial charge in [0.1, 0.15) is 5.60 Å². The summed E-state index contributed by atoms with van der Waals surface area (Å²) in [5, 5.41) is 5.67. The molecule has 0 spiro atoms. The highest BCUT2D eigenvalue weighted by molar-refractivity contribution is 5.95. The minimum absolute atomic E-state index is 0.0611. The maximum Gasteiger partial charge on any atom is 0.262 e. The lowest BCUT2D eigenvalue weighted by Gasteiger charge is -2.18. The largest absolute Gasteiger partial charge is 0.483 e. The molecule has 1 aliphatic carbocycles. The quantitative estimate of drug-likeness (QED) is 0.800. The van der Waals surface area contributed by atoms with E-state index in [1.165, 1.54) is 0 Å². The van der Waals surface area contributed by atoms with Gasteiger partial charge in [-0.15, -0.1) is 0 Å². The fourth-order valence-electron chi connectivity index (χ4n) is 3.27. The number of carbonyl (C=O) groups excluding carboxylic acids is 2. The predicted molar refractivity (Wildman–Crippen MR) is 107 cm³/mol. The number of anilines is 2. The van der Waals surface area contributed by atoms with Gasteiger partial charge in [0, 0.05) is 29.3 Å². The minimum atomic E-state index is -0.263. The first kappa shape index (κ1) is 18.3. The summed E-state index contributed by atoms with van der Waals surface area (Å²) in [6.45, 7) is 3.95. The number of hydrogen-bond donors (Lipinski definition) is 2. The van der Waals surface area contributed by atoms with Crippen molar-refractivity contribution >= 4 is 23.2 Å². The van der Waals surface area contributed by atoms with E-state index in [1.54, 1.807) is 24.3 Å². The summed E-state index contributed by atoms with van der Waals surface area (Å²) in [4.78, 5) is 24.0. The topological polar surface area (TPSA) is 76.7 Å². The molecule has 6 heteroatoms. The third-order valence-corrected chi connectivity index (χ3v) is 4.80. The summed E-state index contributed by atoms with van der Waals surface area (Å²) < 4.78 is 11.6. The van der Waals surface area contributed by atoms with Crippen LogP contribution in [0.5, 0.6) is 11.5 Å². The molecule has 2 amide bonds. The van der Waals surface area contributed by atoms with Crippen molar-refractivity contribution in [3.63, 3.8) is 0 Å². The number of hydrogen-bond acceptors (Lipinski definition) is 4. The lowest BCUT2D eigenvalue weighted by Crippen LogP contribution is -2.25. The molecule has 2 aromatic rings. The Hall–Kier alpha value is -3.02. The van der Waals surface area contributed by atoms with Crippen molar-refractivity contribution in [3.8, 4) is 11.5 Å². The molecule has 0 bridgehead atoms. The first-order valence-corrected chi connectivity index (χ1v) is 9.54. The second kappa shape index (κ2) is 7.19. The molecule has 0 atom stereocenters. The van der Waals surface area contributed by atoms with Crippen LogP contribution in [0, 0.1) is 5.92 Å². The average Bonchev–Trinajstić information content (AvgIpc) is 3.44. The Morgan fingerprint density at radius 2 is 1.75 bits per heavy atom. The standard InChI is InChI=1S/C22H24N2O4/c1-22(2)12-15-4-3-5-18(20(15)28-22)27-13-19(25)23-16-8-10-17(11-9-16)24-21(26)14-6-7-14/h3-5,8-11,14H,6-7,12-13H2,1-2H3,(H,23,25)(H,24,26). The van der Waals surface area contributed by atoms with Crippen molar-refractivity contribution < 1.29 is 19.1 Å². The van der Waals surface area contributed by atoms with Crippen molar-refractivity contribution in [2.24, 2.45) is 5.92 Å². The Labute approximate surface area is 164 Å². The zero-order valence-electron chi connectivity index (χ0n) is 16.1. The minimum Gasteiger partial charge on any atom is -0.483 e. The Balaban J connectivity index is 1.31. The number of rotatable bonds is 6. The summed E-state index contributed by atoms with van der Waals surface area (Å²) in [6.07, 6.45) is 2.75. The van der Waals surface area contributed by atoms with Crippen LogP contribution in [-0.2, 0) is 16.0 Å². The van der Waals surface area contributed by atoms with Crippen LogP contribution in [0.1, 0.15) is 32.3 Å². The summed E-state index contributed by atoms with van der Waals surface area (Å²) >= 11 is 0. The average molecular weight is 380 g/mol. The summed E-state index contributed by atoms with van der Waals surface area (Å²) in [5.74, 6) is 1.26. The number of amides is 2. The number of carbonyl (C=O) groups is 2. The molecule has 6 nitrogen and oxygen atoms in total. The maximum atomic E-state index is 12.2. The molecule has 2 aromatic carbocycles. The fourth-order valence-corrected chi connectivity index (χ4v) is 3.27. The van der Waals surface area contributed by atoms with Crippen LogP contribution in [-0.4, -0.2) is 24.0 Å². The molecule has 0 unspecified atom stereocenters. The Morgan fingerprint density at radius 1 is 1.07 bits per heavy atom. The Morgan fingerprint density at radius 3 is 2.43 bits per heavy atom. The van der Waals surface area contributed by atoms with Crippen LogP contribution in [0.25, 0.3) is 0 Å². The van der Waals surface area contributed by atoms with E-state index in [9.17, 15) is 9.59 Å². The van der Waals surface area contributed by atoms with E-state index in [1.807, 2.05) is 32.0 Å². The fraction of sp³-hybridized carbons (Fsp3) is 0.364. The van der Waals surface area contributed by atoms with Gasteiger partial charge in [-0.05, 0) is 57.0 Å². The third kappa shape index (κ3) is 4.27. The molecular formula is C22H24N2O4. The van der Waals surface area contributed by atoms with E-state index in [2.05, 4.69) is 10.6 Å². The van der Waals surface area contributed by atoms with Gasteiger partial charge < -0.3 is 20.1 Å². The molecular weight excluding hydrogens is 356 g/mol. The summed E-state index contributed by atoms with van der Waals surface area (Å²) in [7, 11) is 0. The van der Waals surface area contributed by atoms with Gasteiger partial charge in [-0.3, -0.25) is 9.59 Å². The van der Waals surface area contributed by atoms with Crippen LogP contribution < -0.4 is 20.1 Å². The molecule has 28 heavy (non-hydrogen) atoms. The van der Waals surface area contributed by atoms with Crippen molar-refractivity contribution in [2.45, 2.75) is 38.7 Å². The van der Waals surface area contributed by atoms with Gasteiger partial charge in [-0.25, -0.2) is 0 Å². The molecule has 1 aliphatic heterocycles. The van der Waals surface area contributed by atoms with Crippen LogP contribution >= 0.6 is 0 Å². The van der Waals surface area contributed by atoms with E-state index >= 15 is 0 Å². The highest BCUT2D eigenvalue weighted by Crippen LogP contribution is 2.41. The highest BCUT2D eigenvalue weighted by Gasteiger charge is 2.32. The Bertz CT molecular complexity index is 901. The highest BCUT2D eigenvalue weighted by atomic mass is 16.5.